The van der Waals surface area contributed by atoms with E-state index in [4.69, 9.17) is 9.26 Å². The molecule has 8 nitrogen and oxygen atoms in total. The average Bonchev–Trinajstić information content (AvgIpc) is 2.99. The Kier molecular flexibility index (Phi) is 3.53. The Balaban J connectivity index is 1.94. The second-order valence-electron chi connectivity index (χ2n) is 4.73. The summed E-state index contributed by atoms with van der Waals surface area (Å²) in [5, 5.41) is 3.66. The van der Waals surface area contributed by atoms with E-state index in [0.717, 1.165) is 0 Å². The molecule has 1 aliphatic heterocycles. The number of aromatic nitrogens is 3. The SMILES string of the molecule is Cc1nc([C@@H]2COCCN2C(=O)c2ccon2)cc(=O)[nH]1. The van der Waals surface area contributed by atoms with E-state index in [1.54, 1.807) is 11.8 Å². The predicted molar refractivity (Wildman–Crippen MR) is 70.7 cm³/mol. The van der Waals surface area contributed by atoms with E-state index >= 15 is 0 Å². The first-order valence-corrected chi connectivity index (χ1v) is 6.52. The van der Waals surface area contributed by atoms with Gasteiger partial charge in [-0.15, -0.1) is 0 Å². The fourth-order valence-corrected chi connectivity index (χ4v) is 2.34. The summed E-state index contributed by atoms with van der Waals surface area (Å²) in [6.07, 6.45) is 1.35. The first-order chi connectivity index (χ1) is 10.1. The van der Waals surface area contributed by atoms with Gasteiger partial charge in [-0.2, -0.15) is 0 Å². The molecule has 2 aromatic heterocycles. The number of amides is 1. The molecule has 3 heterocycles. The molecule has 8 heteroatoms. The van der Waals surface area contributed by atoms with Crippen LogP contribution < -0.4 is 5.56 Å². The molecule has 110 valence electrons. The van der Waals surface area contributed by atoms with Gasteiger partial charge in [0.05, 0.1) is 24.9 Å². The lowest BCUT2D eigenvalue weighted by molar-refractivity contribution is -0.00451. The molecule has 0 spiro atoms. The zero-order chi connectivity index (χ0) is 14.8. The summed E-state index contributed by atoms with van der Waals surface area (Å²) < 4.78 is 10.1. The molecule has 21 heavy (non-hydrogen) atoms. The van der Waals surface area contributed by atoms with Gasteiger partial charge in [0, 0.05) is 18.7 Å². The number of hydrogen-bond donors (Lipinski definition) is 1. The van der Waals surface area contributed by atoms with Crippen molar-refractivity contribution in [2.24, 2.45) is 0 Å². The number of carbonyl (C=O) groups excluding carboxylic acids is 1. The number of ether oxygens (including phenoxy) is 1. The van der Waals surface area contributed by atoms with E-state index < -0.39 is 6.04 Å². The second kappa shape index (κ2) is 5.49. The number of aromatic amines is 1. The molecule has 1 N–H and O–H groups in total. The Labute approximate surface area is 119 Å². The lowest BCUT2D eigenvalue weighted by Gasteiger charge is -2.34. The van der Waals surface area contributed by atoms with Crippen LogP contribution in [-0.2, 0) is 4.74 Å². The van der Waals surface area contributed by atoms with Gasteiger partial charge in [0.2, 0.25) is 0 Å². The van der Waals surface area contributed by atoms with E-state index in [1.807, 2.05) is 0 Å². The van der Waals surface area contributed by atoms with Crippen LogP contribution in [0.3, 0.4) is 0 Å². The molecule has 0 aromatic carbocycles. The smallest absolute Gasteiger partial charge is 0.276 e. The molecule has 1 saturated heterocycles. The second-order valence-corrected chi connectivity index (χ2v) is 4.73. The van der Waals surface area contributed by atoms with Crippen LogP contribution in [-0.4, -0.2) is 45.7 Å². The van der Waals surface area contributed by atoms with Crippen molar-refractivity contribution in [1.29, 1.82) is 0 Å². The molecule has 0 aliphatic carbocycles. The van der Waals surface area contributed by atoms with Crippen molar-refractivity contribution in [1.82, 2.24) is 20.0 Å². The maximum absolute atomic E-state index is 12.4. The highest BCUT2D eigenvalue weighted by Crippen LogP contribution is 2.23. The summed E-state index contributed by atoms with van der Waals surface area (Å²) in [5.74, 6) is 0.230. The molecular weight excluding hydrogens is 276 g/mol. The van der Waals surface area contributed by atoms with E-state index in [9.17, 15) is 9.59 Å². The van der Waals surface area contributed by atoms with Gasteiger partial charge in [0.25, 0.3) is 11.5 Å². The van der Waals surface area contributed by atoms with Crippen molar-refractivity contribution in [3.05, 3.63) is 46.0 Å². The summed E-state index contributed by atoms with van der Waals surface area (Å²) in [4.78, 5) is 32.5. The van der Waals surface area contributed by atoms with E-state index in [2.05, 4.69) is 15.1 Å². The van der Waals surface area contributed by atoms with Crippen LogP contribution in [0, 0.1) is 6.92 Å². The molecule has 1 aliphatic rings. The zero-order valence-electron chi connectivity index (χ0n) is 11.4. The molecule has 1 fully saturated rings. The van der Waals surface area contributed by atoms with Crippen molar-refractivity contribution >= 4 is 5.91 Å². The van der Waals surface area contributed by atoms with Gasteiger partial charge < -0.3 is 19.1 Å². The highest BCUT2D eigenvalue weighted by atomic mass is 16.5. The molecule has 0 saturated carbocycles. The van der Waals surface area contributed by atoms with Gasteiger partial charge in [0.1, 0.15) is 12.1 Å². The number of aryl methyl sites for hydroxylation is 1. The Morgan fingerprint density at radius 2 is 2.38 bits per heavy atom. The van der Waals surface area contributed by atoms with Crippen molar-refractivity contribution < 1.29 is 14.1 Å². The zero-order valence-corrected chi connectivity index (χ0v) is 11.4. The van der Waals surface area contributed by atoms with Crippen LogP contribution >= 0.6 is 0 Å². The number of nitrogens with zero attached hydrogens (tertiary/aromatic N) is 3. The first-order valence-electron chi connectivity index (χ1n) is 6.52. The van der Waals surface area contributed by atoms with Crippen LogP contribution in [0.5, 0.6) is 0 Å². The number of carbonyl (C=O) groups is 1. The number of H-pyrrole nitrogens is 1. The van der Waals surface area contributed by atoms with Crippen LogP contribution in [0.4, 0.5) is 0 Å². The van der Waals surface area contributed by atoms with E-state index in [1.165, 1.54) is 18.4 Å². The van der Waals surface area contributed by atoms with Crippen molar-refractivity contribution in [3.8, 4) is 0 Å². The maximum Gasteiger partial charge on any atom is 0.276 e. The minimum Gasteiger partial charge on any atom is -0.377 e. The highest BCUT2D eigenvalue weighted by molar-refractivity contribution is 5.92. The molecule has 2 aromatic rings. The molecule has 0 unspecified atom stereocenters. The van der Waals surface area contributed by atoms with Crippen LogP contribution in [0.15, 0.2) is 27.7 Å². The van der Waals surface area contributed by atoms with Gasteiger partial charge in [-0.3, -0.25) is 9.59 Å². The van der Waals surface area contributed by atoms with Gasteiger partial charge in [-0.1, -0.05) is 5.16 Å². The summed E-state index contributed by atoms with van der Waals surface area (Å²) in [7, 11) is 0. The lowest BCUT2D eigenvalue weighted by Crippen LogP contribution is -2.44. The van der Waals surface area contributed by atoms with Gasteiger partial charge >= 0.3 is 0 Å². The molecule has 0 bridgehead atoms. The van der Waals surface area contributed by atoms with Crippen LogP contribution in [0.1, 0.15) is 28.0 Å². The van der Waals surface area contributed by atoms with Gasteiger partial charge in [-0.25, -0.2) is 4.98 Å². The number of morpholine rings is 1. The normalized spacial score (nSPS) is 18.7. The van der Waals surface area contributed by atoms with E-state index in [-0.39, 0.29) is 17.2 Å². The first kappa shape index (κ1) is 13.5. The quantitative estimate of drug-likeness (QED) is 0.852. The summed E-state index contributed by atoms with van der Waals surface area (Å²) in [6, 6.07) is 2.48. The minimum atomic E-state index is -0.413. The third kappa shape index (κ3) is 2.70. The van der Waals surface area contributed by atoms with Crippen LogP contribution in [0.2, 0.25) is 0 Å². The largest absolute Gasteiger partial charge is 0.377 e. The molecule has 3 rings (SSSR count). The third-order valence-electron chi connectivity index (χ3n) is 3.27. The average molecular weight is 290 g/mol. The number of hydrogen-bond acceptors (Lipinski definition) is 6. The molecule has 1 atom stereocenters. The molecule has 0 radical (unpaired) electrons. The number of rotatable bonds is 2. The van der Waals surface area contributed by atoms with Crippen molar-refractivity contribution in [2.75, 3.05) is 19.8 Å². The van der Waals surface area contributed by atoms with Gasteiger partial charge in [-0.05, 0) is 6.92 Å². The fourth-order valence-electron chi connectivity index (χ4n) is 2.34. The standard InChI is InChI=1S/C13H14N4O4/c1-8-14-10(6-12(18)15-8)11-7-20-5-3-17(11)13(19)9-2-4-21-16-9/h2,4,6,11H,3,5,7H2,1H3,(H,14,15,18)/t11-/m0/s1. The summed E-state index contributed by atoms with van der Waals surface area (Å²) in [6.45, 7) is 2.82. The topological polar surface area (TPSA) is 101 Å². The minimum absolute atomic E-state index is 0.225. The third-order valence-corrected chi connectivity index (χ3v) is 3.27. The Hall–Kier alpha value is -2.48. The monoisotopic (exact) mass is 290 g/mol. The Bertz CT molecular complexity index is 694. The summed E-state index contributed by atoms with van der Waals surface area (Å²) >= 11 is 0. The Morgan fingerprint density at radius 3 is 3.10 bits per heavy atom. The highest BCUT2D eigenvalue weighted by Gasteiger charge is 2.31. The van der Waals surface area contributed by atoms with Crippen molar-refractivity contribution in [2.45, 2.75) is 13.0 Å². The van der Waals surface area contributed by atoms with E-state index in [0.29, 0.717) is 31.3 Å². The summed E-state index contributed by atoms with van der Waals surface area (Å²) in [5.41, 5.74) is 0.480. The fraction of sp³-hybridized carbons (Fsp3) is 0.385. The van der Waals surface area contributed by atoms with Crippen molar-refractivity contribution in [3.63, 3.8) is 0 Å². The van der Waals surface area contributed by atoms with Crippen LogP contribution in [0.25, 0.3) is 0 Å². The lowest BCUT2D eigenvalue weighted by atomic mass is 10.1. The molecular formula is C13H14N4O4. The maximum atomic E-state index is 12.4. The van der Waals surface area contributed by atoms with Gasteiger partial charge in [0.15, 0.2) is 5.69 Å². The molecule has 1 amide bonds. The predicted octanol–water partition coefficient (Wildman–Crippen LogP) is 0.280. The Morgan fingerprint density at radius 1 is 1.52 bits per heavy atom. The number of nitrogens with one attached hydrogen (secondary N) is 1.